The van der Waals surface area contributed by atoms with E-state index in [-0.39, 0.29) is 18.2 Å². The molecule has 6 nitrogen and oxygen atoms in total. The van der Waals surface area contributed by atoms with Crippen molar-refractivity contribution in [2.75, 3.05) is 31.0 Å². The minimum atomic E-state index is -0.457. The molecule has 1 fully saturated rings. The normalized spacial score (nSPS) is 16.4. The highest BCUT2D eigenvalue weighted by molar-refractivity contribution is 6.33. The number of benzene rings is 2. The minimum absolute atomic E-state index is 0.118. The van der Waals surface area contributed by atoms with E-state index in [1.54, 1.807) is 42.3 Å². The second-order valence-corrected chi connectivity index (χ2v) is 6.78. The average Bonchev–Trinajstić information content (AvgIpc) is 3.05. The van der Waals surface area contributed by atoms with Gasteiger partial charge >= 0.3 is 0 Å². The molecule has 1 N–H and O–H groups in total. The van der Waals surface area contributed by atoms with Gasteiger partial charge in [0.15, 0.2) is 11.5 Å². The van der Waals surface area contributed by atoms with E-state index < -0.39 is 5.92 Å². The van der Waals surface area contributed by atoms with Gasteiger partial charge in [-0.05, 0) is 30.7 Å². The van der Waals surface area contributed by atoms with E-state index in [1.165, 1.54) is 7.11 Å². The number of anilines is 2. The van der Waals surface area contributed by atoms with Gasteiger partial charge in [-0.2, -0.15) is 0 Å². The Balaban J connectivity index is 1.76. The van der Waals surface area contributed by atoms with Crippen LogP contribution in [-0.4, -0.2) is 32.6 Å². The first kappa shape index (κ1) is 19.0. The van der Waals surface area contributed by atoms with Crippen molar-refractivity contribution in [3.63, 3.8) is 0 Å². The summed E-state index contributed by atoms with van der Waals surface area (Å²) in [7, 11) is 3.10. The Kier molecular flexibility index (Phi) is 5.56. The number of hydrogen-bond acceptors (Lipinski definition) is 4. The number of hydrogen-bond donors (Lipinski definition) is 1. The third kappa shape index (κ3) is 3.85. The quantitative estimate of drug-likeness (QED) is 0.848. The van der Waals surface area contributed by atoms with Gasteiger partial charge in [0, 0.05) is 24.7 Å². The minimum Gasteiger partial charge on any atom is -0.493 e. The Bertz CT molecular complexity index is 884. The zero-order valence-electron chi connectivity index (χ0n) is 15.4. The van der Waals surface area contributed by atoms with Gasteiger partial charge in [0.1, 0.15) is 0 Å². The average molecular weight is 389 g/mol. The number of carbonyl (C=O) groups is 2. The largest absolute Gasteiger partial charge is 0.493 e. The predicted octanol–water partition coefficient (Wildman–Crippen LogP) is 3.66. The molecule has 3 rings (SSSR count). The van der Waals surface area contributed by atoms with Crippen LogP contribution in [0.1, 0.15) is 12.0 Å². The third-order valence-corrected chi connectivity index (χ3v) is 4.95. The Morgan fingerprint density at radius 1 is 1.19 bits per heavy atom. The van der Waals surface area contributed by atoms with Gasteiger partial charge < -0.3 is 19.7 Å². The molecule has 2 aromatic carbocycles. The molecule has 1 unspecified atom stereocenters. The summed E-state index contributed by atoms with van der Waals surface area (Å²) >= 11 is 6.19. The van der Waals surface area contributed by atoms with Crippen molar-refractivity contribution in [2.24, 2.45) is 5.92 Å². The van der Waals surface area contributed by atoms with Crippen molar-refractivity contribution in [3.8, 4) is 11.5 Å². The summed E-state index contributed by atoms with van der Waals surface area (Å²) in [5, 5.41) is 3.39. The fraction of sp³-hybridized carbons (Fsp3) is 0.300. The second-order valence-electron chi connectivity index (χ2n) is 6.37. The first-order valence-corrected chi connectivity index (χ1v) is 8.90. The summed E-state index contributed by atoms with van der Waals surface area (Å²) < 4.78 is 10.6. The number of aryl methyl sites for hydroxylation is 1. The Morgan fingerprint density at radius 2 is 1.85 bits per heavy atom. The molecule has 1 saturated heterocycles. The van der Waals surface area contributed by atoms with Crippen LogP contribution in [0, 0.1) is 12.8 Å². The molecule has 0 bridgehead atoms. The summed E-state index contributed by atoms with van der Waals surface area (Å²) in [5.74, 6) is 0.328. The predicted molar refractivity (Wildman–Crippen MR) is 105 cm³/mol. The fourth-order valence-electron chi connectivity index (χ4n) is 3.14. The van der Waals surface area contributed by atoms with Gasteiger partial charge in [-0.1, -0.05) is 23.7 Å². The van der Waals surface area contributed by atoms with Crippen LogP contribution in [-0.2, 0) is 9.59 Å². The number of nitrogens with zero attached hydrogens (tertiary/aromatic N) is 1. The molecular weight excluding hydrogens is 368 g/mol. The Morgan fingerprint density at radius 3 is 2.52 bits per heavy atom. The molecule has 0 spiro atoms. The van der Waals surface area contributed by atoms with Crippen molar-refractivity contribution in [1.29, 1.82) is 0 Å². The number of amides is 2. The van der Waals surface area contributed by atoms with E-state index in [4.69, 9.17) is 21.1 Å². The topological polar surface area (TPSA) is 67.9 Å². The van der Waals surface area contributed by atoms with E-state index in [9.17, 15) is 9.59 Å². The number of rotatable bonds is 5. The summed E-state index contributed by atoms with van der Waals surface area (Å²) in [6, 6.07) is 10.6. The van der Waals surface area contributed by atoms with Gasteiger partial charge in [0.25, 0.3) is 0 Å². The van der Waals surface area contributed by atoms with E-state index in [2.05, 4.69) is 5.32 Å². The Hall–Kier alpha value is -2.73. The lowest BCUT2D eigenvalue weighted by atomic mass is 10.1. The number of nitrogens with one attached hydrogen (secondary N) is 1. The van der Waals surface area contributed by atoms with Gasteiger partial charge in [-0.25, -0.2) is 0 Å². The number of carbonyl (C=O) groups excluding carboxylic acids is 2. The maximum absolute atomic E-state index is 12.7. The van der Waals surface area contributed by atoms with Crippen molar-refractivity contribution < 1.29 is 19.1 Å². The number of methoxy groups -OCH3 is 2. The molecular formula is C20H21ClN2O4. The van der Waals surface area contributed by atoms with Crippen LogP contribution in [0.3, 0.4) is 0 Å². The lowest BCUT2D eigenvalue weighted by molar-refractivity contribution is -0.122. The molecule has 0 aromatic heterocycles. The van der Waals surface area contributed by atoms with Crippen LogP contribution in [0.4, 0.5) is 11.4 Å². The molecule has 1 aliphatic heterocycles. The van der Waals surface area contributed by atoms with Gasteiger partial charge in [0.2, 0.25) is 11.8 Å². The first-order valence-electron chi connectivity index (χ1n) is 8.53. The van der Waals surface area contributed by atoms with Crippen LogP contribution in [0.25, 0.3) is 0 Å². The number of ether oxygens (including phenoxy) is 2. The summed E-state index contributed by atoms with van der Waals surface area (Å²) in [4.78, 5) is 26.7. The molecule has 142 valence electrons. The van der Waals surface area contributed by atoms with E-state index in [0.29, 0.717) is 34.4 Å². The number of halogens is 1. The highest BCUT2D eigenvalue weighted by Gasteiger charge is 2.36. The molecule has 0 saturated carbocycles. The van der Waals surface area contributed by atoms with Crippen LogP contribution in [0.5, 0.6) is 11.5 Å². The Labute approximate surface area is 163 Å². The van der Waals surface area contributed by atoms with Crippen molar-refractivity contribution in [3.05, 3.63) is 47.0 Å². The lowest BCUT2D eigenvalue weighted by Gasteiger charge is -2.18. The molecule has 1 heterocycles. The maximum Gasteiger partial charge on any atom is 0.229 e. The second kappa shape index (κ2) is 7.88. The smallest absolute Gasteiger partial charge is 0.229 e. The van der Waals surface area contributed by atoms with E-state index >= 15 is 0 Å². The molecule has 7 heteroatoms. The molecule has 2 amide bonds. The van der Waals surface area contributed by atoms with E-state index in [0.717, 1.165) is 5.56 Å². The summed E-state index contributed by atoms with van der Waals surface area (Å²) in [6.45, 7) is 2.16. The number of para-hydroxylation sites is 1. The van der Waals surface area contributed by atoms with Crippen molar-refractivity contribution >= 4 is 34.8 Å². The van der Waals surface area contributed by atoms with Crippen LogP contribution < -0.4 is 19.7 Å². The zero-order chi connectivity index (χ0) is 19.6. The zero-order valence-corrected chi connectivity index (χ0v) is 16.2. The summed E-state index contributed by atoms with van der Waals surface area (Å²) in [6.07, 6.45) is 0.142. The summed E-state index contributed by atoms with van der Waals surface area (Å²) in [5.41, 5.74) is 2.09. The van der Waals surface area contributed by atoms with Crippen LogP contribution >= 0.6 is 11.6 Å². The molecule has 0 radical (unpaired) electrons. The van der Waals surface area contributed by atoms with Crippen LogP contribution in [0.15, 0.2) is 36.4 Å². The van der Waals surface area contributed by atoms with Gasteiger partial charge in [-0.15, -0.1) is 0 Å². The molecule has 0 aliphatic carbocycles. The lowest BCUT2D eigenvalue weighted by Crippen LogP contribution is -2.28. The van der Waals surface area contributed by atoms with E-state index in [1.807, 2.05) is 13.0 Å². The molecule has 27 heavy (non-hydrogen) atoms. The fourth-order valence-corrected chi connectivity index (χ4v) is 3.37. The van der Waals surface area contributed by atoms with Gasteiger partial charge in [0.05, 0.1) is 30.8 Å². The van der Waals surface area contributed by atoms with Crippen LogP contribution in [0.2, 0.25) is 5.02 Å². The maximum atomic E-state index is 12.7. The first-order chi connectivity index (χ1) is 12.9. The highest BCUT2D eigenvalue weighted by atomic mass is 35.5. The highest BCUT2D eigenvalue weighted by Crippen LogP contribution is 2.34. The van der Waals surface area contributed by atoms with Crippen molar-refractivity contribution in [1.82, 2.24) is 0 Å². The molecule has 1 atom stereocenters. The third-order valence-electron chi connectivity index (χ3n) is 4.63. The molecule has 2 aromatic rings. The van der Waals surface area contributed by atoms with Crippen molar-refractivity contribution in [2.45, 2.75) is 13.3 Å². The monoisotopic (exact) mass is 388 g/mol. The molecule has 1 aliphatic rings. The SMILES string of the molecule is COc1cc(C)c(NC(=O)C2CC(=O)N(c3ccccc3Cl)C2)cc1OC. The van der Waals surface area contributed by atoms with Gasteiger partial charge in [-0.3, -0.25) is 9.59 Å². The standard InChI is InChI=1S/C20H21ClN2O4/c1-12-8-17(26-2)18(27-3)10-15(12)22-20(25)13-9-19(24)23(11-13)16-7-5-4-6-14(16)21/h4-8,10,13H,9,11H2,1-3H3,(H,22,25).